The first-order valence-corrected chi connectivity index (χ1v) is 16.0. The highest BCUT2D eigenvalue weighted by atomic mass is 32.2. The van der Waals surface area contributed by atoms with Crippen molar-refractivity contribution in [2.45, 2.75) is 83.7 Å². The molecule has 3 heterocycles. The fourth-order valence-electron chi connectivity index (χ4n) is 5.08. The zero-order valence-corrected chi connectivity index (χ0v) is 22.7. The number of nitrogens with zero attached hydrogens (tertiary/aromatic N) is 3. The van der Waals surface area contributed by atoms with Crippen molar-refractivity contribution in [3.05, 3.63) is 10.6 Å². The Labute approximate surface area is 203 Å². The Morgan fingerprint density at radius 3 is 2.52 bits per heavy atom. The first-order valence-electron chi connectivity index (χ1n) is 12.1. The molecule has 9 heteroatoms. The molecular weight excluding hydrogens is 454 g/mol. The number of carbonyl (C=O) groups is 2. The van der Waals surface area contributed by atoms with Crippen LogP contribution in [0.25, 0.3) is 0 Å². The lowest BCUT2D eigenvalue weighted by Crippen LogP contribution is -2.65. The van der Waals surface area contributed by atoms with Gasteiger partial charge in [0.15, 0.2) is 8.32 Å². The van der Waals surface area contributed by atoms with Gasteiger partial charge in [0, 0.05) is 23.0 Å². The van der Waals surface area contributed by atoms with Crippen LogP contribution in [0.3, 0.4) is 0 Å². The molecule has 33 heavy (non-hydrogen) atoms. The maximum atomic E-state index is 13.3. The summed E-state index contributed by atoms with van der Waals surface area (Å²) in [5.41, 5.74) is 0.134. The number of hydrogen-bond donors (Lipinski definition) is 1. The highest BCUT2D eigenvalue weighted by Gasteiger charge is 2.62. The Bertz CT molecular complexity index is 842. The normalized spacial score (nSPS) is 26.9. The predicted octanol–water partition coefficient (Wildman–Crippen LogP) is 4.28. The molecule has 7 nitrogen and oxygen atoms in total. The number of hydrogen-bond acceptors (Lipinski definition) is 6. The van der Waals surface area contributed by atoms with E-state index in [1.54, 1.807) is 0 Å². The van der Waals surface area contributed by atoms with Crippen molar-refractivity contribution < 1.29 is 19.1 Å². The molecule has 3 aliphatic rings. The van der Waals surface area contributed by atoms with E-state index in [1.165, 1.54) is 29.5 Å². The Kier molecular flexibility index (Phi) is 8.04. The number of aliphatic carboxylic acids is 1. The number of carboxylic acid groups (broad SMARTS) is 1. The average Bonchev–Trinajstić information content (AvgIpc) is 3.30. The molecule has 0 aromatic carbocycles. The Balaban J connectivity index is 1.87. The van der Waals surface area contributed by atoms with Crippen LogP contribution in [0.1, 0.15) is 53.4 Å². The molecule has 0 saturated carbocycles. The quantitative estimate of drug-likeness (QED) is 0.276. The minimum atomic E-state index is -2.08. The molecule has 2 fully saturated rings. The molecule has 0 aromatic rings. The third kappa shape index (κ3) is 5.19. The molecule has 4 atom stereocenters. The fourth-order valence-corrected chi connectivity index (χ4v) is 7.72. The van der Waals surface area contributed by atoms with Gasteiger partial charge in [0.25, 0.3) is 0 Å². The number of nitriles is 1. The minimum absolute atomic E-state index is 0.0199. The van der Waals surface area contributed by atoms with Crippen LogP contribution < -0.4 is 0 Å². The van der Waals surface area contributed by atoms with Crippen molar-refractivity contribution in [2.75, 3.05) is 25.4 Å². The lowest BCUT2D eigenvalue weighted by Gasteiger charge is -2.50. The molecule has 1 N–H and O–H groups in total. The number of thioether (sulfide) groups is 1. The van der Waals surface area contributed by atoms with Gasteiger partial charge in [-0.2, -0.15) is 5.26 Å². The number of amides is 1. The van der Waals surface area contributed by atoms with Gasteiger partial charge >= 0.3 is 5.97 Å². The fraction of sp³-hybridized carbons (Fsp3) is 0.792. The van der Waals surface area contributed by atoms with Gasteiger partial charge in [-0.05, 0) is 64.0 Å². The second-order valence-corrected chi connectivity index (χ2v) is 16.9. The van der Waals surface area contributed by atoms with Gasteiger partial charge in [-0.3, -0.25) is 4.79 Å². The molecule has 0 aromatic heterocycles. The van der Waals surface area contributed by atoms with Crippen molar-refractivity contribution in [2.24, 2.45) is 11.8 Å². The van der Waals surface area contributed by atoms with E-state index in [2.05, 4.69) is 44.8 Å². The van der Waals surface area contributed by atoms with Crippen LogP contribution in [0.4, 0.5) is 0 Å². The van der Waals surface area contributed by atoms with Crippen LogP contribution in [0.15, 0.2) is 10.6 Å². The smallest absolute Gasteiger partial charge is 0.353 e. The Morgan fingerprint density at radius 2 is 1.97 bits per heavy atom. The van der Waals surface area contributed by atoms with E-state index >= 15 is 0 Å². The van der Waals surface area contributed by atoms with E-state index in [9.17, 15) is 14.7 Å². The van der Waals surface area contributed by atoms with E-state index in [1.807, 2.05) is 6.92 Å². The summed E-state index contributed by atoms with van der Waals surface area (Å²) in [6.07, 6.45) is 3.33. The van der Waals surface area contributed by atoms with Crippen LogP contribution in [-0.2, 0) is 14.0 Å². The van der Waals surface area contributed by atoms with E-state index in [0.717, 1.165) is 31.0 Å². The maximum absolute atomic E-state index is 13.3. The first-order chi connectivity index (χ1) is 15.4. The highest BCUT2D eigenvalue weighted by Crippen LogP contribution is 2.53. The summed E-state index contributed by atoms with van der Waals surface area (Å²) >= 11 is 1.45. The summed E-state index contributed by atoms with van der Waals surface area (Å²) in [7, 11) is -2.08. The predicted molar refractivity (Wildman–Crippen MR) is 133 cm³/mol. The van der Waals surface area contributed by atoms with Gasteiger partial charge in [-0.15, -0.1) is 11.8 Å². The van der Waals surface area contributed by atoms with Crippen molar-refractivity contribution in [1.29, 1.82) is 5.26 Å². The summed E-state index contributed by atoms with van der Waals surface area (Å²) in [5, 5.41) is 19.1. The summed E-state index contributed by atoms with van der Waals surface area (Å²) in [5.74, 6) is -0.989. The monoisotopic (exact) mass is 493 g/mol. The molecular formula is C24H39N3O4SSi. The third-order valence-electron chi connectivity index (χ3n) is 7.83. The second kappa shape index (κ2) is 10.1. The standard InChI is InChI=1S/C24H39N3O4SSi/c1-16(31-33(5,6)24(2,3)4)18-19-17(10-14-26-12-7-8-13-26)21(32-15-9-11-25)20(23(29)30)27(19)22(18)28/h16-19H,7-10,12-15H2,1-6H3,(H,29,30)/t16-,17-,18-,19-/m1/s1. The summed E-state index contributed by atoms with van der Waals surface area (Å²) in [6, 6.07) is 1.98. The zero-order valence-electron chi connectivity index (χ0n) is 20.9. The van der Waals surface area contributed by atoms with Crippen molar-refractivity contribution in [3.8, 4) is 6.07 Å². The summed E-state index contributed by atoms with van der Waals surface area (Å²) in [6.45, 7) is 16.0. The molecule has 0 radical (unpaired) electrons. The van der Waals surface area contributed by atoms with Gasteiger partial charge in [-0.1, -0.05) is 20.8 Å². The number of carboxylic acids is 1. The molecule has 3 aliphatic heterocycles. The van der Waals surface area contributed by atoms with Crippen LogP contribution in [0.2, 0.25) is 18.1 Å². The third-order valence-corrected chi connectivity index (χ3v) is 13.6. The van der Waals surface area contributed by atoms with Gasteiger partial charge in [0.2, 0.25) is 5.91 Å². The molecule has 0 unspecified atom stereocenters. The summed E-state index contributed by atoms with van der Waals surface area (Å²) < 4.78 is 6.61. The molecule has 3 rings (SSSR count). The largest absolute Gasteiger partial charge is 0.477 e. The SMILES string of the molecule is C[C@@H](O[Si](C)(C)C(C)(C)C)[C@H]1C(=O)N2C(C(=O)O)=C(SCCC#N)[C@H](CCN3CCCC3)[C@H]12. The second-order valence-electron chi connectivity index (χ2n) is 11.0. The molecule has 184 valence electrons. The van der Waals surface area contributed by atoms with Gasteiger partial charge < -0.3 is 19.3 Å². The molecule has 1 amide bonds. The lowest BCUT2D eigenvalue weighted by atomic mass is 9.77. The summed E-state index contributed by atoms with van der Waals surface area (Å²) in [4.78, 5) is 30.3. The highest BCUT2D eigenvalue weighted by molar-refractivity contribution is 8.03. The van der Waals surface area contributed by atoms with E-state index in [-0.39, 0.29) is 40.6 Å². The van der Waals surface area contributed by atoms with Gasteiger partial charge in [0.05, 0.1) is 24.1 Å². The lowest BCUT2D eigenvalue weighted by molar-refractivity contribution is -0.163. The van der Waals surface area contributed by atoms with Crippen LogP contribution in [0, 0.1) is 23.2 Å². The van der Waals surface area contributed by atoms with Crippen LogP contribution >= 0.6 is 11.8 Å². The van der Waals surface area contributed by atoms with Crippen molar-refractivity contribution in [1.82, 2.24) is 9.80 Å². The number of rotatable bonds is 10. The maximum Gasteiger partial charge on any atom is 0.353 e. The van der Waals surface area contributed by atoms with Gasteiger partial charge in [0.1, 0.15) is 5.70 Å². The first kappa shape index (κ1) is 26.3. The molecule has 0 aliphatic carbocycles. The van der Waals surface area contributed by atoms with Crippen LogP contribution in [0.5, 0.6) is 0 Å². The zero-order chi connectivity index (χ0) is 24.6. The topological polar surface area (TPSA) is 93.9 Å². The number of β-lactam (4-membered cyclic amide) rings is 1. The number of fused-ring (bicyclic) bond motifs is 1. The Hall–Kier alpha value is -1.34. The molecule has 0 bridgehead atoms. The van der Waals surface area contributed by atoms with Crippen molar-refractivity contribution >= 4 is 32.0 Å². The number of likely N-dealkylation sites (tertiary alicyclic amines) is 1. The van der Waals surface area contributed by atoms with Crippen LogP contribution in [-0.4, -0.2) is 72.6 Å². The van der Waals surface area contributed by atoms with Crippen molar-refractivity contribution in [3.63, 3.8) is 0 Å². The van der Waals surface area contributed by atoms with Gasteiger partial charge in [-0.25, -0.2) is 4.79 Å². The number of carbonyl (C=O) groups excluding carboxylic acids is 1. The van der Waals surface area contributed by atoms with E-state index < -0.39 is 14.3 Å². The van der Waals surface area contributed by atoms with E-state index in [4.69, 9.17) is 9.69 Å². The molecule has 0 spiro atoms. The minimum Gasteiger partial charge on any atom is -0.477 e. The average molecular weight is 494 g/mol. The molecule has 2 saturated heterocycles. The van der Waals surface area contributed by atoms with E-state index in [0.29, 0.717) is 12.2 Å². The Morgan fingerprint density at radius 1 is 1.33 bits per heavy atom.